The van der Waals surface area contributed by atoms with Gasteiger partial charge in [-0.25, -0.2) is 4.18 Å². The summed E-state index contributed by atoms with van der Waals surface area (Å²) >= 11 is 0. The molecule has 1 rings (SSSR count). The molecule has 1 aliphatic heterocycles. The zero-order valence-corrected chi connectivity index (χ0v) is 10.8. The van der Waals surface area contributed by atoms with Gasteiger partial charge in [-0.3, -0.25) is 9.35 Å². The Morgan fingerprint density at radius 3 is 2.50 bits per heavy atom. The van der Waals surface area contributed by atoms with Crippen LogP contribution in [0.15, 0.2) is 0 Å². The number of nitrogens with zero attached hydrogens (tertiary/aromatic N) is 1. The minimum atomic E-state index is -4.64. The molecular weight excluding hydrogens is 293 g/mol. The Balaban J connectivity index is 2.43. The molecule has 0 radical (unpaired) electrons. The lowest BCUT2D eigenvalue weighted by Gasteiger charge is -2.15. The molecule has 1 unspecified atom stereocenters. The summed E-state index contributed by atoms with van der Waals surface area (Å²) in [6, 6.07) is 0. The lowest BCUT2D eigenvalue weighted by Crippen LogP contribution is -2.30. The van der Waals surface area contributed by atoms with E-state index in [0.29, 0.717) is 0 Å². The predicted molar refractivity (Wildman–Crippen MR) is 57.1 cm³/mol. The normalized spacial score (nSPS) is 21.6. The molecule has 11 heteroatoms. The molecule has 106 valence electrons. The number of hydrogen-bond acceptors (Lipinski definition) is 6. The van der Waals surface area contributed by atoms with Crippen molar-refractivity contribution >= 4 is 26.5 Å². The van der Waals surface area contributed by atoms with Crippen molar-refractivity contribution in [2.75, 3.05) is 25.4 Å². The monoisotopic (exact) mass is 305 g/mol. The fourth-order valence-electron chi connectivity index (χ4n) is 1.72. The highest BCUT2D eigenvalue weighted by molar-refractivity contribution is 7.86. The Bertz CT molecular complexity index is 514. The number of amides is 1. The van der Waals surface area contributed by atoms with Crippen molar-refractivity contribution in [1.82, 2.24) is 4.90 Å². The van der Waals surface area contributed by atoms with Crippen LogP contribution in [0.1, 0.15) is 6.42 Å². The summed E-state index contributed by atoms with van der Waals surface area (Å²) < 4.78 is 66.0. The SMILES string of the molecule is O=C1CC(CS(=O)(=O)F)CN1CCOS(=O)(=O)O. The highest BCUT2D eigenvalue weighted by atomic mass is 32.3. The predicted octanol–water partition coefficient (Wildman–Crippen LogP) is -1.05. The molecule has 0 bridgehead atoms. The molecule has 1 heterocycles. The first kappa shape index (κ1) is 15.3. The number of rotatable bonds is 6. The summed E-state index contributed by atoms with van der Waals surface area (Å²) in [6.45, 7) is -0.558. The molecule has 1 aliphatic rings. The molecule has 1 atom stereocenters. The van der Waals surface area contributed by atoms with E-state index in [-0.39, 0.29) is 19.5 Å². The zero-order chi connectivity index (χ0) is 14.0. The van der Waals surface area contributed by atoms with Gasteiger partial charge in [0.25, 0.3) is 0 Å². The van der Waals surface area contributed by atoms with Gasteiger partial charge in [-0.2, -0.15) is 16.8 Å². The quantitative estimate of drug-likeness (QED) is 0.491. The largest absolute Gasteiger partial charge is 0.397 e. The minimum absolute atomic E-state index is 0.0107. The van der Waals surface area contributed by atoms with E-state index in [1.165, 1.54) is 0 Å². The van der Waals surface area contributed by atoms with E-state index in [4.69, 9.17) is 4.55 Å². The topological polar surface area (TPSA) is 118 Å². The van der Waals surface area contributed by atoms with Crippen LogP contribution < -0.4 is 0 Å². The summed E-state index contributed by atoms with van der Waals surface area (Å²) in [7, 11) is -9.21. The lowest BCUT2D eigenvalue weighted by atomic mass is 10.1. The summed E-state index contributed by atoms with van der Waals surface area (Å²) in [5.41, 5.74) is 0. The van der Waals surface area contributed by atoms with Gasteiger partial charge in [-0.05, 0) is 0 Å². The van der Waals surface area contributed by atoms with Crippen molar-refractivity contribution in [3.8, 4) is 0 Å². The third-order valence-electron chi connectivity index (χ3n) is 2.32. The second-order valence-electron chi connectivity index (χ2n) is 3.87. The first-order valence-corrected chi connectivity index (χ1v) is 7.80. The lowest BCUT2D eigenvalue weighted by molar-refractivity contribution is -0.128. The van der Waals surface area contributed by atoms with Gasteiger partial charge in [0.1, 0.15) is 0 Å². The van der Waals surface area contributed by atoms with Crippen LogP contribution in [0.4, 0.5) is 3.89 Å². The molecule has 18 heavy (non-hydrogen) atoms. The smallest absolute Gasteiger partial charge is 0.340 e. The highest BCUT2D eigenvalue weighted by Gasteiger charge is 2.32. The molecule has 0 spiro atoms. The van der Waals surface area contributed by atoms with Crippen LogP contribution in [0.3, 0.4) is 0 Å². The van der Waals surface area contributed by atoms with Gasteiger partial charge < -0.3 is 4.90 Å². The summed E-state index contributed by atoms with van der Waals surface area (Å²) in [5, 5.41) is 0. The standard InChI is InChI=1S/C7H12FNO7S2/c8-17(11,12)5-6-3-7(10)9(4-6)1-2-16-18(13,14)15/h6H,1-5H2,(H,13,14,15). The maximum absolute atomic E-state index is 12.4. The molecule has 0 aromatic carbocycles. The van der Waals surface area contributed by atoms with Gasteiger partial charge in [-0.15, -0.1) is 3.89 Å². The average Bonchev–Trinajstić information content (AvgIpc) is 2.41. The van der Waals surface area contributed by atoms with Gasteiger partial charge in [0.15, 0.2) is 0 Å². The van der Waals surface area contributed by atoms with Crippen LogP contribution in [0.2, 0.25) is 0 Å². The van der Waals surface area contributed by atoms with Crippen LogP contribution in [0.5, 0.6) is 0 Å². The Kier molecular flexibility index (Phi) is 4.64. The second-order valence-corrected chi connectivity index (χ2v) is 6.37. The molecule has 1 amide bonds. The van der Waals surface area contributed by atoms with Crippen LogP contribution in [-0.4, -0.2) is 57.6 Å². The average molecular weight is 305 g/mol. The molecule has 0 aromatic rings. The molecule has 0 saturated carbocycles. The number of hydrogen-bond donors (Lipinski definition) is 1. The van der Waals surface area contributed by atoms with Gasteiger partial charge in [-0.1, -0.05) is 0 Å². The molecule has 0 aromatic heterocycles. The van der Waals surface area contributed by atoms with Crippen molar-refractivity contribution in [3.05, 3.63) is 0 Å². The Morgan fingerprint density at radius 2 is 2.00 bits per heavy atom. The van der Waals surface area contributed by atoms with Crippen LogP contribution >= 0.6 is 0 Å². The van der Waals surface area contributed by atoms with Crippen molar-refractivity contribution in [2.24, 2.45) is 5.92 Å². The van der Waals surface area contributed by atoms with E-state index in [0.717, 1.165) is 4.90 Å². The minimum Gasteiger partial charge on any atom is -0.340 e. The number of carbonyl (C=O) groups excluding carboxylic acids is 1. The maximum atomic E-state index is 12.4. The molecule has 1 saturated heterocycles. The van der Waals surface area contributed by atoms with E-state index in [9.17, 15) is 25.5 Å². The fraction of sp³-hybridized carbons (Fsp3) is 0.857. The van der Waals surface area contributed by atoms with E-state index in [2.05, 4.69) is 4.18 Å². The van der Waals surface area contributed by atoms with Gasteiger partial charge in [0.2, 0.25) is 5.91 Å². The van der Waals surface area contributed by atoms with E-state index >= 15 is 0 Å². The third kappa shape index (κ3) is 5.71. The van der Waals surface area contributed by atoms with Gasteiger partial charge in [0, 0.05) is 25.4 Å². The van der Waals surface area contributed by atoms with E-state index in [1.54, 1.807) is 0 Å². The second kappa shape index (κ2) is 5.47. The zero-order valence-electron chi connectivity index (χ0n) is 9.15. The Morgan fingerprint density at radius 1 is 1.39 bits per heavy atom. The first-order valence-electron chi connectivity index (χ1n) is 4.89. The Labute approximate surface area is 104 Å². The van der Waals surface area contributed by atoms with Crippen molar-refractivity contribution < 1.29 is 34.3 Å². The molecular formula is C7H12FNO7S2. The van der Waals surface area contributed by atoms with E-state index in [1.807, 2.05) is 0 Å². The number of carbonyl (C=O) groups is 1. The van der Waals surface area contributed by atoms with E-state index < -0.39 is 44.8 Å². The summed E-state index contributed by atoms with van der Waals surface area (Å²) in [5.74, 6) is -1.81. The van der Waals surface area contributed by atoms with Crippen molar-refractivity contribution in [3.63, 3.8) is 0 Å². The molecule has 0 aliphatic carbocycles. The molecule has 8 nitrogen and oxygen atoms in total. The number of halogens is 1. The van der Waals surface area contributed by atoms with Gasteiger partial charge >= 0.3 is 20.6 Å². The van der Waals surface area contributed by atoms with Crippen molar-refractivity contribution in [2.45, 2.75) is 6.42 Å². The van der Waals surface area contributed by atoms with Crippen LogP contribution in [-0.2, 0) is 29.6 Å². The molecule has 1 N–H and O–H groups in total. The Hall–Kier alpha value is -0.780. The number of likely N-dealkylation sites (tertiary alicyclic amines) is 1. The third-order valence-corrected chi connectivity index (χ3v) is 3.66. The molecule has 1 fully saturated rings. The van der Waals surface area contributed by atoms with Crippen molar-refractivity contribution in [1.29, 1.82) is 0 Å². The summed E-state index contributed by atoms with van der Waals surface area (Å²) in [4.78, 5) is 12.5. The van der Waals surface area contributed by atoms with Crippen LogP contribution in [0.25, 0.3) is 0 Å². The highest BCUT2D eigenvalue weighted by Crippen LogP contribution is 2.19. The fourth-order valence-corrected chi connectivity index (χ4v) is 2.79. The van der Waals surface area contributed by atoms with Crippen LogP contribution in [0, 0.1) is 5.92 Å². The maximum Gasteiger partial charge on any atom is 0.397 e. The van der Waals surface area contributed by atoms with Gasteiger partial charge in [0.05, 0.1) is 12.4 Å². The summed E-state index contributed by atoms with van der Waals surface area (Å²) in [6.07, 6.45) is -0.116. The first-order chi connectivity index (χ1) is 8.07.